The third-order valence-electron chi connectivity index (χ3n) is 5.74. The number of aryl methyl sites for hydroxylation is 1. The summed E-state index contributed by atoms with van der Waals surface area (Å²) in [6.45, 7) is 11.9. The van der Waals surface area contributed by atoms with Crippen LogP contribution in [0.5, 0.6) is 5.75 Å². The topological polar surface area (TPSA) is 58.1 Å². The monoisotopic (exact) mass is 402 g/mol. The van der Waals surface area contributed by atoms with Gasteiger partial charge in [0.25, 0.3) is 0 Å². The fourth-order valence-corrected chi connectivity index (χ4v) is 4.02. The van der Waals surface area contributed by atoms with Crippen molar-refractivity contribution in [3.63, 3.8) is 0 Å². The second kappa shape index (κ2) is 12.0. The van der Waals surface area contributed by atoms with Crippen molar-refractivity contribution in [2.75, 3.05) is 52.5 Å². The van der Waals surface area contributed by atoms with Gasteiger partial charge in [-0.15, -0.1) is 0 Å². The molecule has 0 amide bonds. The molecule has 0 bridgehead atoms. The fraction of sp³-hybridized carbons (Fsp3) is 0.696. The number of aliphatic imine (C=N–C) groups is 1. The molecular weight excluding hydrogens is 364 g/mol. The lowest BCUT2D eigenvalue weighted by Gasteiger charge is -2.34. The predicted molar refractivity (Wildman–Crippen MR) is 119 cm³/mol. The van der Waals surface area contributed by atoms with Crippen molar-refractivity contribution in [2.45, 2.75) is 45.6 Å². The van der Waals surface area contributed by atoms with Crippen LogP contribution in [-0.2, 0) is 4.74 Å². The molecule has 29 heavy (non-hydrogen) atoms. The third-order valence-corrected chi connectivity index (χ3v) is 5.74. The van der Waals surface area contributed by atoms with Crippen molar-refractivity contribution < 1.29 is 9.47 Å². The second-order valence-corrected chi connectivity index (χ2v) is 8.18. The molecule has 2 heterocycles. The first kappa shape index (κ1) is 21.9. The van der Waals surface area contributed by atoms with E-state index < -0.39 is 0 Å². The van der Waals surface area contributed by atoms with Gasteiger partial charge in [-0.1, -0.05) is 18.2 Å². The first-order valence-corrected chi connectivity index (χ1v) is 11.3. The normalized spacial score (nSPS) is 21.3. The number of nitrogens with one attached hydrogen (secondary N) is 2. The first-order valence-electron chi connectivity index (χ1n) is 11.3. The highest BCUT2D eigenvalue weighted by Gasteiger charge is 2.24. The van der Waals surface area contributed by atoms with Gasteiger partial charge in [0.1, 0.15) is 5.75 Å². The zero-order chi connectivity index (χ0) is 20.3. The van der Waals surface area contributed by atoms with Gasteiger partial charge in [0.05, 0.1) is 13.2 Å². The summed E-state index contributed by atoms with van der Waals surface area (Å²) in [5, 5.41) is 7.02. The molecule has 0 spiro atoms. The number of hydrogen-bond donors (Lipinski definition) is 2. The standard InChI is InChI=1S/C23H38N4O2/c1-3-24-23(25-12-6-15-29-22-8-5-4-7-19(22)2)26-21-9-13-27(14-10-21)17-20-11-16-28-18-20/h4-5,7-8,20-21H,3,6,9-18H2,1-2H3,(H2,24,25,26). The SMILES string of the molecule is CCNC(=NCCCOc1ccccc1C)NC1CCN(CC2CCOC2)CC1. The van der Waals surface area contributed by atoms with Crippen molar-refractivity contribution in [3.05, 3.63) is 29.8 Å². The quantitative estimate of drug-likeness (QED) is 0.378. The van der Waals surface area contributed by atoms with E-state index in [4.69, 9.17) is 14.5 Å². The number of benzene rings is 1. The number of hydrogen-bond acceptors (Lipinski definition) is 4. The Hall–Kier alpha value is -1.79. The summed E-state index contributed by atoms with van der Waals surface area (Å²) in [4.78, 5) is 7.35. The zero-order valence-electron chi connectivity index (χ0n) is 18.2. The minimum atomic E-state index is 0.507. The van der Waals surface area contributed by atoms with Crippen molar-refractivity contribution in [1.82, 2.24) is 15.5 Å². The average Bonchev–Trinajstić information content (AvgIpc) is 3.24. The molecule has 1 aromatic rings. The van der Waals surface area contributed by atoms with E-state index in [9.17, 15) is 0 Å². The third kappa shape index (κ3) is 7.52. The summed E-state index contributed by atoms with van der Waals surface area (Å²) >= 11 is 0. The number of para-hydroxylation sites is 1. The van der Waals surface area contributed by atoms with Crippen LogP contribution < -0.4 is 15.4 Å². The van der Waals surface area contributed by atoms with Crippen LogP contribution in [0.1, 0.15) is 38.2 Å². The van der Waals surface area contributed by atoms with E-state index in [1.54, 1.807) is 0 Å². The average molecular weight is 403 g/mol. The Morgan fingerprint density at radius 1 is 1.24 bits per heavy atom. The molecule has 1 aromatic carbocycles. The molecule has 6 heteroatoms. The Morgan fingerprint density at radius 2 is 2.07 bits per heavy atom. The number of likely N-dealkylation sites (tertiary alicyclic amines) is 1. The summed E-state index contributed by atoms with van der Waals surface area (Å²) < 4.78 is 11.4. The molecule has 2 aliphatic heterocycles. The summed E-state index contributed by atoms with van der Waals surface area (Å²) in [7, 11) is 0. The molecule has 1 atom stereocenters. The molecule has 0 radical (unpaired) electrons. The van der Waals surface area contributed by atoms with E-state index in [1.165, 1.54) is 31.4 Å². The van der Waals surface area contributed by atoms with Crippen LogP contribution in [0.2, 0.25) is 0 Å². The van der Waals surface area contributed by atoms with Gasteiger partial charge in [0.15, 0.2) is 5.96 Å². The molecule has 1 unspecified atom stereocenters. The molecule has 2 fully saturated rings. The largest absolute Gasteiger partial charge is 0.493 e. The van der Waals surface area contributed by atoms with Crippen molar-refractivity contribution in [3.8, 4) is 5.75 Å². The Balaban J connectivity index is 1.35. The smallest absolute Gasteiger partial charge is 0.191 e. The number of nitrogens with zero attached hydrogens (tertiary/aromatic N) is 2. The van der Waals surface area contributed by atoms with Gasteiger partial charge in [-0.2, -0.15) is 0 Å². The van der Waals surface area contributed by atoms with E-state index >= 15 is 0 Å². The highest BCUT2D eigenvalue weighted by molar-refractivity contribution is 5.80. The van der Waals surface area contributed by atoms with E-state index in [2.05, 4.69) is 35.4 Å². The summed E-state index contributed by atoms with van der Waals surface area (Å²) in [6, 6.07) is 8.66. The number of piperidine rings is 1. The predicted octanol–water partition coefficient (Wildman–Crippen LogP) is 2.82. The van der Waals surface area contributed by atoms with Gasteiger partial charge < -0.3 is 25.0 Å². The molecule has 2 aliphatic rings. The highest BCUT2D eigenvalue weighted by Crippen LogP contribution is 2.18. The summed E-state index contributed by atoms with van der Waals surface area (Å²) in [6.07, 6.45) is 4.48. The van der Waals surface area contributed by atoms with Crippen molar-refractivity contribution >= 4 is 5.96 Å². The maximum atomic E-state index is 5.87. The summed E-state index contributed by atoms with van der Waals surface area (Å²) in [5.41, 5.74) is 1.18. The Kier molecular flexibility index (Phi) is 9.09. The van der Waals surface area contributed by atoms with Crippen LogP contribution in [-0.4, -0.2) is 69.4 Å². The lowest BCUT2D eigenvalue weighted by molar-refractivity contribution is 0.150. The molecule has 162 valence electrons. The molecule has 3 rings (SSSR count). The lowest BCUT2D eigenvalue weighted by atomic mass is 10.0. The lowest BCUT2D eigenvalue weighted by Crippen LogP contribution is -2.49. The van der Waals surface area contributed by atoms with Crippen LogP contribution in [0.4, 0.5) is 0 Å². The van der Waals surface area contributed by atoms with Crippen molar-refractivity contribution in [1.29, 1.82) is 0 Å². The van der Waals surface area contributed by atoms with Crippen LogP contribution in [0, 0.1) is 12.8 Å². The number of guanidine groups is 1. The molecule has 2 N–H and O–H groups in total. The van der Waals surface area contributed by atoms with Gasteiger partial charge in [-0.25, -0.2) is 0 Å². The molecule has 0 saturated carbocycles. The Bertz CT molecular complexity index is 623. The zero-order valence-corrected chi connectivity index (χ0v) is 18.2. The number of ether oxygens (including phenoxy) is 2. The highest BCUT2D eigenvalue weighted by atomic mass is 16.5. The fourth-order valence-electron chi connectivity index (χ4n) is 4.02. The minimum absolute atomic E-state index is 0.507. The Morgan fingerprint density at radius 3 is 2.79 bits per heavy atom. The van der Waals surface area contributed by atoms with Crippen LogP contribution >= 0.6 is 0 Å². The van der Waals surface area contributed by atoms with Gasteiger partial charge >= 0.3 is 0 Å². The maximum Gasteiger partial charge on any atom is 0.191 e. The number of rotatable bonds is 9. The van der Waals surface area contributed by atoms with E-state index in [-0.39, 0.29) is 0 Å². The maximum absolute atomic E-state index is 5.87. The molecule has 0 aliphatic carbocycles. The second-order valence-electron chi connectivity index (χ2n) is 8.18. The van der Waals surface area contributed by atoms with Gasteiger partial charge in [-0.3, -0.25) is 4.99 Å². The molecular formula is C23H38N4O2. The first-order chi connectivity index (χ1) is 14.2. The van der Waals surface area contributed by atoms with Gasteiger partial charge in [0.2, 0.25) is 0 Å². The van der Waals surface area contributed by atoms with Crippen LogP contribution in [0.3, 0.4) is 0 Å². The van der Waals surface area contributed by atoms with Crippen LogP contribution in [0.25, 0.3) is 0 Å². The molecule has 2 saturated heterocycles. The van der Waals surface area contributed by atoms with Gasteiger partial charge in [0, 0.05) is 51.8 Å². The van der Waals surface area contributed by atoms with E-state index in [0.29, 0.717) is 12.6 Å². The Labute approximate surface area is 176 Å². The summed E-state index contributed by atoms with van der Waals surface area (Å²) in [5.74, 6) is 2.64. The molecule has 0 aromatic heterocycles. The minimum Gasteiger partial charge on any atom is -0.493 e. The van der Waals surface area contributed by atoms with Crippen molar-refractivity contribution in [2.24, 2.45) is 10.9 Å². The van der Waals surface area contributed by atoms with Crippen LogP contribution in [0.15, 0.2) is 29.3 Å². The van der Waals surface area contributed by atoms with Gasteiger partial charge in [-0.05, 0) is 50.7 Å². The molecule has 6 nitrogen and oxygen atoms in total. The van der Waals surface area contributed by atoms with E-state index in [0.717, 1.165) is 63.4 Å². The van der Waals surface area contributed by atoms with E-state index in [1.807, 2.05) is 18.2 Å².